The molecular formula is C24H33IN2O6. The summed E-state index contributed by atoms with van der Waals surface area (Å²) in [4.78, 5) is 23.9. The number of ether oxygens (including phenoxy) is 2. The van der Waals surface area contributed by atoms with Gasteiger partial charge in [0.05, 0.1) is 17.3 Å². The van der Waals surface area contributed by atoms with Crippen molar-refractivity contribution in [1.29, 1.82) is 0 Å². The molecule has 1 aromatic carbocycles. The zero-order chi connectivity index (χ0) is 23.8. The Balaban J connectivity index is 1.87. The summed E-state index contributed by atoms with van der Waals surface area (Å²) in [5, 5.41) is 26.6. The third-order valence-electron chi connectivity index (χ3n) is 6.19. The number of carbonyl (C=O) groups is 2. The van der Waals surface area contributed by atoms with E-state index < -0.39 is 12.2 Å². The molecule has 3 atom stereocenters. The van der Waals surface area contributed by atoms with Crippen molar-refractivity contribution in [2.75, 3.05) is 20.3 Å². The first-order valence-electron chi connectivity index (χ1n) is 11.5. The molecule has 0 aromatic heterocycles. The second-order valence-electron chi connectivity index (χ2n) is 8.56. The quantitative estimate of drug-likeness (QED) is 0.204. The molecule has 1 fully saturated rings. The summed E-state index contributed by atoms with van der Waals surface area (Å²) in [6, 6.07) is 3.20. The van der Waals surface area contributed by atoms with E-state index in [0.717, 1.165) is 32.0 Å². The molecule has 2 aliphatic carbocycles. The molecule has 1 aromatic rings. The van der Waals surface area contributed by atoms with Gasteiger partial charge in [0, 0.05) is 29.8 Å². The first-order chi connectivity index (χ1) is 16.0. The highest BCUT2D eigenvalue weighted by Crippen LogP contribution is 2.36. The summed E-state index contributed by atoms with van der Waals surface area (Å²) in [6.45, 7) is 0.00759. The van der Waals surface area contributed by atoms with Crippen LogP contribution in [0.5, 0.6) is 11.5 Å². The molecule has 33 heavy (non-hydrogen) atoms. The molecule has 4 N–H and O–H groups in total. The van der Waals surface area contributed by atoms with Gasteiger partial charge in [0.25, 0.3) is 0 Å². The van der Waals surface area contributed by atoms with Gasteiger partial charge in [-0.2, -0.15) is 0 Å². The molecule has 3 rings (SSSR count). The third-order valence-corrected chi connectivity index (χ3v) is 6.99. The SMILES string of the molecule is COc1cc(C=O)cc(I)c1OC1C=C(C(=O)NCCO)CC(NC2CCCCCC2)C1O. The lowest BCUT2D eigenvalue weighted by Crippen LogP contribution is -2.54. The van der Waals surface area contributed by atoms with Crippen LogP contribution in [0.3, 0.4) is 0 Å². The number of aldehydes is 1. The summed E-state index contributed by atoms with van der Waals surface area (Å²) < 4.78 is 12.3. The predicted molar refractivity (Wildman–Crippen MR) is 133 cm³/mol. The Hall–Kier alpha value is -1.69. The van der Waals surface area contributed by atoms with E-state index in [1.807, 2.05) is 0 Å². The van der Waals surface area contributed by atoms with Crippen molar-refractivity contribution in [3.63, 3.8) is 0 Å². The molecule has 0 bridgehead atoms. The van der Waals surface area contributed by atoms with Crippen molar-refractivity contribution in [1.82, 2.24) is 10.6 Å². The van der Waals surface area contributed by atoms with Crippen LogP contribution in [0.4, 0.5) is 0 Å². The largest absolute Gasteiger partial charge is 0.493 e. The molecule has 0 spiro atoms. The van der Waals surface area contributed by atoms with Gasteiger partial charge < -0.3 is 30.3 Å². The third kappa shape index (κ3) is 6.91. The first-order valence-corrected chi connectivity index (χ1v) is 12.6. The van der Waals surface area contributed by atoms with Gasteiger partial charge in [-0.25, -0.2) is 0 Å². The Labute approximate surface area is 208 Å². The first kappa shape index (κ1) is 25.9. The number of amides is 1. The normalized spacial score (nSPS) is 23.9. The molecule has 3 unspecified atom stereocenters. The number of aliphatic hydroxyl groups excluding tert-OH is 2. The topological polar surface area (TPSA) is 117 Å². The van der Waals surface area contributed by atoms with Gasteiger partial charge in [0.2, 0.25) is 5.91 Å². The van der Waals surface area contributed by atoms with Crippen molar-refractivity contribution < 1.29 is 29.3 Å². The number of nitrogens with one attached hydrogen (secondary N) is 2. The number of hydrogen-bond donors (Lipinski definition) is 4. The molecular weight excluding hydrogens is 539 g/mol. The summed E-state index contributed by atoms with van der Waals surface area (Å²) in [5.41, 5.74) is 0.962. The molecule has 0 saturated heterocycles. The predicted octanol–water partition coefficient (Wildman–Crippen LogP) is 2.34. The number of aliphatic hydroxyl groups is 2. The highest BCUT2D eigenvalue weighted by Gasteiger charge is 2.37. The fourth-order valence-electron chi connectivity index (χ4n) is 4.47. The van der Waals surface area contributed by atoms with E-state index in [4.69, 9.17) is 14.6 Å². The van der Waals surface area contributed by atoms with E-state index in [9.17, 15) is 14.7 Å². The number of carbonyl (C=O) groups excluding carboxylic acids is 2. The molecule has 0 heterocycles. The lowest BCUT2D eigenvalue weighted by atomic mass is 9.88. The summed E-state index contributed by atoms with van der Waals surface area (Å²) in [6.07, 6.45) is 7.92. The zero-order valence-electron chi connectivity index (χ0n) is 18.9. The van der Waals surface area contributed by atoms with Gasteiger partial charge in [-0.3, -0.25) is 9.59 Å². The minimum absolute atomic E-state index is 0.149. The number of rotatable bonds is 9. The molecule has 182 valence electrons. The van der Waals surface area contributed by atoms with Crippen molar-refractivity contribution in [2.45, 2.75) is 69.2 Å². The number of methoxy groups -OCH3 is 1. The molecule has 0 radical (unpaired) electrons. The standard InChI is InChI=1S/C24H33IN2O6/c1-32-21-11-15(14-29)10-18(25)23(21)33-20-13-16(24(31)26-8-9-28)12-19(22(20)30)27-17-6-4-2-3-5-7-17/h10-11,13-14,17,19-20,22,27-28,30H,2-9,12H2,1H3,(H,26,31). The maximum atomic E-state index is 12.7. The van der Waals surface area contributed by atoms with Gasteiger partial charge in [0.1, 0.15) is 18.5 Å². The van der Waals surface area contributed by atoms with Gasteiger partial charge in [-0.05, 0) is 60.1 Å². The van der Waals surface area contributed by atoms with Crippen LogP contribution in [-0.4, -0.2) is 67.0 Å². The Morgan fingerprint density at radius 1 is 1.24 bits per heavy atom. The highest BCUT2D eigenvalue weighted by molar-refractivity contribution is 14.1. The number of halogens is 1. The van der Waals surface area contributed by atoms with Crippen molar-refractivity contribution in [2.24, 2.45) is 0 Å². The van der Waals surface area contributed by atoms with Crippen LogP contribution in [0.25, 0.3) is 0 Å². The van der Waals surface area contributed by atoms with Crippen LogP contribution in [0, 0.1) is 3.57 Å². The minimum atomic E-state index is -0.881. The van der Waals surface area contributed by atoms with Crippen molar-refractivity contribution in [3.05, 3.63) is 32.9 Å². The smallest absolute Gasteiger partial charge is 0.247 e. The van der Waals surface area contributed by atoms with E-state index in [-0.39, 0.29) is 31.1 Å². The monoisotopic (exact) mass is 572 g/mol. The van der Waals surface area contributed by atoms with Crippen molar-refractivity contribution in [3.8, 4) is 11.5 Å². The lowest BCUT2D eigenvalue weighted by Gasteiger charge is -2.36. The van der Waals surface area contributed by atoms with E-state index in [0.29, 0.717) is 32.6 Å². The van der Waals surface area contributed by atoms with Crippen LogP contribution in [0.1, 0.15) is 55.3 Å². The molecule has 8 nitrogen and oxygen atoms in total. The zero-order valence-corrected chi connectivity index (χ0v) is 21.0. The molecule has 1 amide bonds. The molecule has 1 saturated carbocycles. The maximum Gasteiger partial charge on any atom is 0.247 e. The molecule has 2 aliphatic rings. The average molecular weight is 572 g/mol. The lowest BCUT2D eigenvalue weighted by molar-refractivity contribution is -0.118. The Morgan fingerprint density at radius 2 is 1.97 bits per heavy atom. The Bertz CT molecular complexity index is 854. The van der Waals surface area contributed by atoms with Gasteiger partial charge in [-0.1, -0.05) is 25.7 Å². The van der Waals surface area contributed by atoms with E-state index in [1.54, 1.807) is 18.2 Å². The highest BCUT2D eigenvalue weighted by atomic mass is 127. The second-order valence-corrected chi connectivity index (χ2v) is 9.72. The second kappa shape index (κ2) is 12.7. The number of benzene rings is 1. The summed E-state index contributed by atoms with van der Waals surface area (Å²) in [5.74, 6) is 0.513. The maximum absolute atomic E-state index is 12.7. The van der Waals surface area contributed by atoms with E-state index >= 15 is 0 Å². The van der Waals surface area contributed by atoms with Crippen LogP contribution in [0.2, 0.25) is 0 Å². The van der Waals surface area contributed by atoms with Gasteiger partial charge in [0.15, 0.2) is 11.5 Å². The summed E-state index contributed by atoms with van der Waals surface area (Å²) >= 11 is 2.06. The molecule has 0 aliphatic heterocycles. The fourth-order valence-corrected chi connectivity index (χ4v) is 5.22. The van der Waals surface area contributed by atoms with Crippen LogP contribution in [-0.2, 0) is 4.79 Å². The van der Waals surface area contributed by atoms with Gasteiger partial charge in [-0.15, -0.1) is 0 Å². The average Bonchev–Trinajstić information content (AvgIpc) is 3.09. The van der Waals surface area contributed by atoms with E-state index in [1.165, 1.54) is 20.0 Å². The van der Waals surface area contributed by atoms with Gasteiger partial charge >= 0.3 is 0 Å². The van der Waals surface area contributed by atoms with Crippen LogP contribution in [0.15, 0.2) is 23.8 Å². The van der Waals surface area contributed by atoms with Crippen molar-refractivity contribution >= 4 is 34.8 Å². The minimum Gasteiger partial charge on any atom is -0.493 e. The molecule has 9 heteroatoms. The number of hydrogen-bond acceptors (Lipinski definition) is 7. The summed E-state index contributed by atoms with van der Waals surface area (Å²) in [7, 11) is 1.49. The van der Waals surface area contributed by atoms with Crippen LogP contribution >= 0.6 is 22.6 Å². The Kier molecular flexibility index (Phi) is 9.96. The van der Waals surface area contributed by atoms with E-state index in [2.05, 4.69) is 33.2 Å². The fraction of sp³-hybridized carbons (Fsp3) is 0.583. The Morgan fingerprint density at radius 3 is 2.61 bits per heavy atom. The van der Waals surface area contributed by atoms with Crippen LogP contribution < -0.4 is 20.1 Å².